The van der Waals surface area contributed by atoms with Crippen LogP contribution in [0.25, 0.3) is 0 Å². The number of nitrogens with two attached hydrogens (primary N) is 3. The largest absolute Gasteiger partial charge is 0.382 e. The zero-order valence-corrected chi connectivity index (χ0v) is 13.3. The monoisotopic (exact) mass is 356 g/mol. The molecule has 2 rings (SSSR count). The Morgan fingerprint density at radius 2 is 2.09 bits per heavy atom. The van der Waals surface area contributed by atoms with Crippen LogP contribution in [0.1, 0.15) is 16.1 Å². The van der Waals surface area contributed by atoms with Crippen molar-refractivity contribution in [2.75, 3.05) is 11.1 Å². The number of nitrogens with zero attached hydrogens (tertiary/aromatic N) is 4. The maximum atomic E-state index is 11.7. The molecular weight excluding hydrogens is 343 g/mol. The van der Waals surface area contributed by atoms with Crippen LogP contribution in [-0.4, -0.2) is 26.8 Å². The first kappa shape index (κ1) is 18.4. The van der Waals surface area contributed by atoms with Crippen LogP contribution in [0.3, 0.4) is 0 Å². The highest BCUT2D eigenvalue weighted by atomic mass is 35.5. The molecule has 23 heavy (non-hydrogen) atoms. The summed E-state index contributed by atoms with van der Waals surface area (Å²) in [4.78, 5) is 26.9. The molecule has 2 aromatic heterocycles. The maximum absolute atomic E-state index is 11.7. The van der Waals surface area contributed by atoms with Crippen LogP contribution in [0.15, 0.2) is 29.5 Å². The van der Waals surface area contributed by atoms with Crippen LogP contribution < -0.4 is 22.5 Å². The number of carbonyl (C=O) groups excluding carboxylic acids is 1. The van der Waals surface area contributed by atoms with Gasteiger partial charge in [-0.2, -0.15) is 4.99 Å². The molecule has 2 heterocycles. The minimum atomic E-state index is -0.814. The fourth-order valence-electron chi connectivity index (χ4n) is 1.56. The Balaban J connectivity index is 0.00000264. The number of rotatable bonds is 4. The molecule has 0 atom stereocenters. The summed E-state index contributed by atoms with van der Waals surface area (Å²) in [6, 6.07) is 3.68. The molecule has 0 aromatic carbocycles. The Morgan fingerprint density at radius 1 is 1.35 bits per heavy atom. The van der Waals surface area contributed by atoms with E-state index < -0.39 is 11.9 Å². The van der Waals surface area contributed by atoms with E-state index in [1.807, 2.05) is 6.07 Å². The molecule has 0 saturated heterocycles. The van der Waals surface area contributed by atoms with Crippen molar-refractivity contribution in [2.24, 2.45) is 16.5 Å². The third-order valence-electron chi connectivity index (χ3n) is 2.50. The molecule has 0 radical (unpaired) electrons. The van der Waals surface area contributed by atoms with E-state index in [1.165, 1.54) is 0 Å². The number of carbonyl (C=O) groups is 1. The highest BCUT2D eigenvalue weighted by Gasteiger charge is 2.16. The number of guanidine groups is 1. The highest BCUT2D eigenvalue weighted by Crippen LogP contribution is 2.21. The van der Waals surface area contributed by atoms with Crippen molar-refractivity contribution in [3.63, 3.8) is 0 Å². The van der Waals surface area contributed by atoms with E-state index >= 15 is 0 Å². The number of anilines is 2. The molecule has 9 nitrogen and oxygen atoms in total. The van der Waals surface area contributed by atoms with Gasteiger partial charge in [0.15, 0.2) is 28.4 Å². The molecular formula is C12H14Cl2N8O. The van der Waals surface area contributed by atoms with Gasteiger partial charge in [0.25, 0.3) is 0 Å². The maximum Gasteiger partial charge on any atom is 0.302 e. The second kappa shape index (κ2) is 8.11. The number of nitrogen functional groups attached to an aromatic ring is 1. The van der Waals surface area contributed by atoms with Gasteiger partial charge in [-0.1, -0.05) is 17.7 Å². The first-order valence-corrected chi connectivity index (χ1v) is 6.45. The van der Waals surface area contributed by atoms with Gasteiger partial charge in [-0.05, 0) is 11.6 Å². The van der Waals surface area contributed by atoms with Crippen LogP contribution >= 0.6 is 24.0 Å². The van der Waals surface area contributed by atoms with Crippen molar-refractivity contribution in [2.45, 2.75) is 6.54 Å². The predicted octanol–water partition coefficient (Wildman–Crippen LogP) is 0.555. The van der Waals surface area contributed by atoms with Crippen LogP contribution in [0.4, 0.5) is 11.6 Å². The summed E-state index contributed by atoms with van der Waals surface area (Å²) >= 11 is 5.98. The summed E-state index contributed by atoms with van der Waals surface area (Å²) in [5.41, 5.74) is 16.6. The summed E-state index contributed by atoms with van der Waals surface area (Å²) in [6.45, 7) is 0.420. The summed E-state index contributed by atoms with van der Waals surface area (Å²) < 4.78 is 0. The van der Waals surface area contributed by atoms with Crippen molar-refractivity contribution in [1.82, 2.24) is 15.0 Å². The van der Waals surface area contributed by atoms with E-state index in [1.54, 1.807) is 18.5 Å². The summed E-state index contributed by atoms with van der Waals surface area (Å²) in [5, 5.41) is 2.93. The summed E-state index contributed by atoms with van der Waals surface area (Å²) in [5.74, 6) is -1.11. The molecule has 1 amide bonds. The molecule has 0 spiro atoms. The smallest absolute Gasteiger partial charge is 0.302 e. The zero-order valence-electron chi connectivity index (χ0n) is 11.7. The number of nitrogens with one attached hydrogen (secondary N) is 1. The molecule has 0 aliphatic rings. The molecule has 0 aliphatic heterocycles. The molecule has 122 valence electrons. The Hall–Kier alpha value is -2.65. The van der Waals surface area contributed by atoms with Crippen molar-refractivity contribution in [3.05, 3.63) is 40.9 Å². The Morgan fingerprint density at radius 3 is 2.70 bits per heavy atom. The molecule has 0 saturated carbocycles. The van der Waals surface area contributed by atoms with Gasteiger partial charge in [0, 0.05) is 18.9 Å². The van der Waals surface area contributed by atoms with Gasteiger partial charge < -0.3 is 22.5 Å². The van der Waals surface area contributed by atoms with Crippen molar-refractivity contribution < 1.29 is 4.79 Å². The Kier molecular flexibility index (Phi) is 6.49. The standard InChI is InChI=1S/C12H13ClN8O.ClH/c13-8-10(18-5-6-2-1-3-17-4-6)20-9(14)7(19-8)11(22)21-12(15)16;/h1-4H,5H2,(H3,14,18,20)(H4,15,16,21,22);1H. The van der Waals surface area contributed by atoms with Crippen molar-refractivity contribution >= 4 is 47.5 Å². The average molecular weight is 357 g/mol. The number of aliphatic imine (C=N–C) groups is 1. The molecule has 0 aliphatic carbocycles. The Labute approximate surface area is 142 Å². The third-order valence-corrected chi connectivity index (χ3v) is 2.76. The number of pyridine rings is 1. The van der Waals surface area contributed by atoms with Gasteiger partial charge in [-0.25, -0.2) is 9.97 Å². The summed E-state index contributed by atoms with van der Waals surface area (Å²) in [7, 11) is 0. The van der Waals surface area contributed by atoms with Crippen molar-refractivity contribution in [1.29, 1.82) is 0 Å². The van der Waals surface area contributed by atoms with Crippen LogP contribution in [-0.2, 0) is 6.54 Å². The lowest BCUT2D eigenvalue weighted by atomic mass is 10.3. The molecule has 2 aromatic rings. The van der Waals surface area contributed by atoms with E-state index in [2.05, 4.69) is 25.3 Å². The third kappa shape index (κ3) is 4.94. The zero-order chi connectivity index (χ0) is 16.1. The molecule has 0 bridgehead atoms. The van der Waals surface area contributed by atoms with E-state index in [0.717, 1.165) is 5.56 Å². The molecule has 7 N–H and O–H groups in total. The van der Waals surface area contributed by atoms with Gasteiger partial charge in [-0.3, -0.25) is 9.78 Å². The average Bonchev–Trinajstić information content (AvgIpc) is 2.48. The lowest BCUT2D eigenvalue weighted by Crippen LogP contribution is -2.24. The molecule has 0 fully saturated rings. The lowest BCUT2D eigenvalue weighted by Gasteiger charge is -2.09. The number of hydrogen-bond acceptors (Lipinski definition) is 6. The van der Waals surface area contributed by atoms with Crippen LogP contribution in [0, 0.1) is 0 Å². The molecule has 11 heteroatoms. The number of amides is 1. The fourth-order valence-corrected chi connectivity index (χ4v) is 1.75. The van der Waals surface area contributed by atoms with E-state index in [9.17, 15) is 4.79 Å². The van der Waals surface area contributed by atoms with E-state index in [-0.39, 0.29) is 34.9 Å². The highest BCUT2D eigenvalue weighted by molar-refractivity contribution is 6.32. The molecule has 0 unspecified atom stereocenters. The number of halogens is 2. The van der Waals surface area contributed by atoms with Gasteiger partial charge in [-0.15, -0.1) is 12.4 Å². The first-order chi connectivity index (χ1) is 10.5. The SMILES string of the molecule is Cl.NC(N)=NC(=O)c1nc(Cl)c(NCc2cccnc2)nc1N. The lowest BCUT2D eigenvalue weighted by molar-refractivity contribution is 0.0998. The summed E-state index contributed by atoms with van der Waals surface area (Å²) in [6.07, 6.45) is 3.35. The van der Waals surface area contributed by atoms with Crippen LogP contribution in [0.2, 0.25) is 5.15 Å². The van der Waals surface area contributed by atoms with Crippen molar-refractivity contribution in [3.8, 4) is 0 Å². The topological polar surface area (TPSA) is 158 Å². The van der Waals surface area contributed by atoms with Crippen LogP contribution in [0.5, 0.6) is 0 Å². The van der Waals surface area contributed by atoms with Gasteiger partial charge in [0.1, 0.15) is 0 Å². The van der Waals surface area contributed by atoms with Gasteiger partial charge in [0.2, 0.25) is 0 Å². The first-order valence-electron chi connectivity index (χ1n) is 6.07. The van der Waals surface area contributed by atoms with Gasteiger partial charge in [0.05, 0.1) is 0 Å². The fraction of sp³-hybridized carbons (Fsp3) is 0.0833. The Bertz CT molecular complexity index is 719. The minimum absolute atomic E-state index is 0. The van der Waals surface area contributed by atoms with E-state index in [0.29, 0.717) is 6.54 Å². The second-order valence-electron chi connectivity index (χ2n) is 4.15. The predicted molar refractivity (Wildman–Crippen MR) is 90.4 cm³/mol. The number of aromatic nitrogens is 3. The van der Waals surface area contributed by atoms with E-state index in [4.69, 9.17) is 28.8 Å². The number of hydrogen-bond donors (Lipinski definition) is 4. The second-order valence-corrected chi connectivity index (χ2v) is 4.51. The quantitative estimate of drug-likeness (QED) is 0.456. The minimum Gasteiger partial charge on any atom is -0.382 e. The van der Waals surface area contributed by atoms with Gasteiger partial charge >= 0.3 is 5.91 Å². The normalized spacial score (nSPS) is 9.61.